The molecule has 1 aliphatic rings. The number of hydrogen-bond donors (Lipinski definition) is 1. The van der Waals surface area contributed by atoms with Gasteiger partial charge in [-0.15, -0.1) is 0 Å². The van der Waals surface area contributed by atoms with Gasteiger partial charge < -0.3 is 10.2 Å². The summed E-state index contributed by atoms with van der Waals surface area (Å²) in [6, 6.07) is 15.5. The third-order valence-corrected chi connectivity index (χ3v) is 4.21. The lowest BCUT2D eigenvalue weighted by molar-refractivity contribution is -0.128. The number of nitrogens with zero attached hydrogens (tertiary/aromatic N) is 1. The van der Waals surface area contributed by atoms with Crippen molar-refractivity contribution >= 4 is 17.5 Å². The standard InChI is InChI=1S/C19H19FN2O2/c20-16-8-6-14(7-9-16)10-11-22-13-15(12-18(22)23)19(24)21-17-4-2-1-3-5-17/h1-9,15H,10-13H2,(H,21,24)/t15-/m1/s1. The van der Waals surface area contributed by atoms with Crippen LogP contribution in [0.25, 0.3) is 0 Å². The summed E-state index contributed by atoms with van der Waals surface area (Å²) in [7, 11) is 0. The lowest BCUT2D eigenvalue weighted by atomic mass is 10.1. The number of likely N-dealkylation sites (tertiary alicyclic amines) is 1. The summed E-state index contributed by atoms with van der Waals surface area (Å²) in [5.74, 6) is -0.733. The van der Waals surface area contributed by atoms with Gasteiger partial charge in [0.25, 0.3) is 0 Å². The molecule has 1 N–H and O–H groups in total. The van der Waals surface area contributed by atoms with E-state index in [0.29, 0.717) is 19.5 Å². The highest BCUT2D eigenvalue weighted by molar-refractivity contribution is 5.97. The highest BCUT2D eigenvalue weighted by Gasteiger charge is 2.33. The lowest BCUT2D eigenvalue weighted by Gasteiger charge is -2.16. The monoisotopic (exact) mass is 326 g/mol. The van der Waals surface area contributed by atoms with Crippen molar-refractivity contribution in [3.63, 3.8) is 0 Å². The number of para-hydroxylation sites is 1. The number of anilines is 1. The number of carbonyl (C=O) groups excluding carboxylic acids is 2. The molecule has 0 aliphatic carbocycles. The van der Waals surface area contributed by atoms with Crippen molar-refractivity contribution in [2.75, 3.05) is 18.4 Å². The van der Waals surface area contributed by atoms with E-state index in [4.69, 9.17) is 0 Å². The van der Waals surface area contributed by atoms with Crippen LogP contribution >= 0.6 is 0 Å². The summed E-state index contributed by atoms with van der Waals surface area (Å²) >= 11 is 0. The molecule has 1 fully saturated rings. The third kappa shape index (κ3) is 3.98. The molecule has 0 spiro atoms. The second-order valence-electron chi connectivity index (χ2n) is 5.97. The molecule has 5 heteroatoms. The van der Waals surface area contributed by atoms with Crippen LogP contribution in [0.2, 0.25) is 0 Å². The van der Waals surface area contributed by atoms with Gasteiger partial charge in [0.15, 0.2) is 0 Å². The molecule has 2 aromatic rings. The highest BCUT2D eigenvalue weighted by Crippen LogP contribution is 2.20. The first-order valence-corrected chi connectivity index (χ1v) is 8.00. The number of nitrogens with one attached hydrogen (secondary N) is 1. The molecule has 0 aromatic heterocycles. The molecule has 4 nitrogen and oxygen atoms in total. The van der Waals surface area contributed by atoms with E-state index in [-0.39, 0.29) is 30.0 Å². The SMILES string of the molecule is O=C(Nc1ccccc1)[C@@H]1CC(=O)N(CCc2ccc(F)cc2)C1. The summed E-state index contributed by atoms with van der Waals surface area (Å²) in [6.07, 6.45) is 0.890. The maximum atomic E-state index is 12.9. The summed E-state index contributed by atoms with van der Waals surface area (Å²) in [6.45, 7) is 0.971. The normalized spacial score (nSPS) is 17.1. The minimum absolute atomic E-state index is 0.00896. The second kappa shape index (κ2) is 7.25. The molecular weight excluding hydrogens is 307 g/mol. The predicted octanol–water partition coefficient (Wildman–Crippen LogP) is 2.86. The van der Waals surface area contributed by atoms with Gasteiger partial charge in [0.05, 0.1) is 5.92 Å². The zero-order chi connectivity index (χ0) is 16.9. The minimum Gasteiger partial charge on any atom is -0.342 e. The summed E-state index contributed by atoms with van der Waals surface area (Å²) < 4.78 is 12.9. The van der Waals surface area contributed by atoms with Crippen LogP contribution in [0.5, 0.6) is 0 Å². The van der Waals surface area contributed by atoms with Gasteiger partial charge in [0, 0.05) is 25.2 Å². The molecule has 0 saturated carbocycles. The van der Waals surface area contributed by atoms with Crippen molar-refractivity contribution in [1.82, 2.24) is 4.90 Å². The number of carbonyl (C=O) groups is 2. The second-order valence-corrected chi connectivity index (χ2v) is 5.97. The number of halogens is 1. The van der Waals surface area contributed by atoms with E-state index >= 15 is 0 Å². The molecule has 1 heterocycles. The fraction of sp³-hybridized carbons (Fsp3) is 0.263. The average molecular weight is 326 g/mol. The van der Waals surface area contributed by atoms with E-state index in [1.54, 1.807) is 17.0 Å². The van der Waals surface area contributed by atoms with Crippen LogP contribution in [0.3, 0.4) is 0 Å². The highest BCUT2D eigenvalue weighted by atomic mass is 19.1. The quantitative estimate of drug-likeness (QED) is 0.918. The van der Waals surface area contributed by atoms with Gasteiger partial charge in [-0.05, 0) is 36.2 Å². The van der Waals surface area contributed by atoms with Gasteiger partial charge in [-0.1, -0.05) is 30.3 Å². The molecular formula is C19H19FN2O2. The number of amides is 2. The first kappa shape index (κ1) is 16.2. The van der Waals surface area contributed by atoms with Crippen molar-refractivity contribution < 1.29 is 14.0 Å². The Kier molecular flexibility index (Phi) is 4.89. The van der Waals surface area contributed by atoms with Crippen LogP contribution in [0.4, 0.5) is 10.1 Å². The summed E-state index contributed by atoms with van der Waals surface area (Å²) in [4.78, 5) is 26.1. The van der Waals surface area contributed by atoms with Crippen LogP contribution in [-0.2, 0) is 16.0 Å². The van der Waals surface area contributed by atoms with Gasteiger partial charge >= 0.3 is 0 Å². The zero-order valence-electron chi connectivity index (χ0n) is 13.2. The Morgan fingerprint density at radius 3 is 2.54 bits per heavy atom. The number of hydrogen-bond acceptors (Lipinski definition) is 2. The first-order chi connectivity index (χ1) is 11.6. The molecule has 24 heavy (non-hydrogen) atoms. The Balaban J connectivity index is 1.53. The van der Waals surface area contributed by atoms with Crippen molar-refractivity contribution in [2.24, 2.45) is 5.92 Å². The van der Waals surface area contributed by atoms with E-state index in [9.17, 15) is 14.0 Å². The van der Waals surface area contributed by atoms with E-state index in [0.717, 1.165) is 11.3 Å². The molecule has 0 bridgehead atoms. The minimum atomic E-state index is -0.328. The number of benzene rings is 2. The zero-order valence-corrected chi connectivity index (χ0v) is 13.2. The molecule has 0 unspecified atom stereocenters. The van der Waals surface area contributed by atoms with Crippen LogP contribution in [0, 0.1) is 11.7 Å². The number of rotatable bonds is 5. The Hall–Kier alpha value is -2.69. The largest absolute Gasteiger partial charge is 0.342 e. The molecule has 1 aliphatic heterocycles. The molecule has 2 aromatic carbocycles. The average Bonchev–Trinajstić information content (AvgIpc) is 2.96. The van der Waals surface area contributed by atoms with Crippen molar-refractivity contribution in [3.8, 4) is 0 Å². The fourth-order valence-corrected chi connectivity index (χ4v) is 2.84. The van der Waals surface area contributed by atoms with Crippen LogP contribution in [0.1, 0.15) is 12.0 Å². The summed E-state index contributed by atoms with van der Waals surface area (Å²) in [5.41, 5.74) is 1.71. The Morgan fingerprint density at radius 1 is 1.12 bits per heavy atom. The van der Waals surface area contributed by atoms with E-state index in [2.05, 4.69) is 5.32 Å². The molecule has 2 amide bonds. The molecule has 3 rings (SSSR count). The van der Waals surface area contributed by atoms with Crippen LogP contribution < -0.4 is 5.32 Å². The topological polar surface area (TPSA) is 49.4 Å². The van der Waals surface area contributed by atoms with Gasteiger partial charge in [0.2, 0.25) is 11.8 Å². The Bertz CT molecular complexity index is 716. The van der Waals surface area contributed by atoms with Gasteiger partial charge in [-0.2, -0.15) is 0 Å². The molecule has 124 valence electrons. The molecule has 0 radical (unpaired) electrons. The van der Waals surface area contributed by atoms with Crippen LogP contribution in [0.15, 0.2) is 54.6 Å². The molecule has 1 saturated heterocycles. The maximum Gasteiger partial charge on any atom is 0.229 e. The smallest absolute Gasteiger partial charge is 0.229 e. The van der Waals surface area contributed by atoms with E-state index in [1.807, 2.05) is 30.3 Å². The summed E-state index contributed by atoms with van der Waals surface area (Å²) in [5, 5.41) is 2.85. The Morgan fingerprint density at radius 2 is 1.83 bits per heavy atom. The first-order valence-electron chi connectivity index (χ1n) is 8.00. The predicted molar refractivity (Wildman–Crippen MR) is 89.9 cm³/mol. The Labute approximate surface area is 140 Å². The van der Waals surface area contributed by atoms with Crippen LogP contribution in [-0.4, -0.2) is 29.8 Å². The lowest BCUT2D eigenvalue weighted by Crippen LogP contribution is -2.30. The van der Waals surface area contributed by atoms with Crippen molar-refractivity contribution in [2.45, 2.75) is 12.8 Å². The maximum absolute atomic E-state index is 12.9. The fourth-order valence-electron chi connectivity index (χ4n) is 2.84. The van der Waals surface area contributed by atoms with Gasteiger partial charge in [-0.3, -0.25) is 9.59 Å². The van der Waals surface area contributed by atoms with Gasteiger partial charge in [-0.25, -0.2) is 4.39 Å². The third-order valence-electron chi connectivity index (χ3n) is 4.21. The van der Waals surface area contributed by atoms with Crippen molar-refractivity contribution in [1.29, 1.82) is 0 Å². The van der Waals surface area contributed by atoms with E-state index < -0.39 is 0 Å². The van der Waals surface area contributed by atoms with Crippen molar-refractivity contribution in [3.05, 3.63) is 66.0 Å². The van der Waals surface area contributed by atoms with Gasteiger partial charge in [0.1, 0.15) is 5.82 Å². The molecule has 1 atom stereocenters. The van der Waals surface area contributed by atoms with E-state index in [1.165, 1.54) is 12.1 Å².